The Morgan fingerprint density at radius 2 is 2.21 bits per heavy atom. The quantitative estimate of drug-likeness (QED) is 0.724. The van der Waals surface area contributed by atoms with Gasteiger partial charge in [-0.15, -0.1) is 0 Å². The van der Waals surface area contributed by atoms with Gasteiger partial charge in [-0.25, -0.2) is 0 Å². The maximum Gasteiger partial charge on any atom is 0.228 e. The van der Waals surface area contributed by atoms with Crippen molar-refractivity contribution in [1.29, 1.82) is 0 Å². The van der Waals surface area contributed by atoms with Crippen molar-refractivity contribution >= 4 is 5.91 Å². The molecule has 1 rings (SSSR count). The Labute approximate surface area is 86.9 Å². The van der Waals surface area contributed by atoms with E-state index >= 15 is 0 Å². The third-order valence-electron chi connectivity index (χ3n) is 3.22. The molecule has 1 N–H and O–H groups in total. The molecule has 14 heavy (non-hydrogen) atoms. The van der Waals surface area contributed by atoms with Gasteiger partial charge in [-0.2, -0.15) is 0 Å². The van der Waals surface area contributed by atoms with Crippen LogP contribution in [-0.4, -0.2) is 36.5 Å². The maximum absolute atomic E-state index is 12.2. The molecule has 1 atom stereocenters. The average molecular weight is 198 g/mol. The number of hydrogen-bond acceptors (Lipinski definition) is 2. The van der Waals surface area contributed by atoms with Gasteiger partial charge in [0, 0.05) is 31.1 Å². The van der Waals surface area contributed by atoms with Gasteiger partial charge in [-0.3, -0.25) is 4.79 Å². The zero-order chi connectivity index (χ0) is 10.8. The summed E-state index contributed by atoms with van der Waals surface area (Å²) < 4.78 is 0. The number of nitrogens with one attached hydrogen (secondary N) is 1. The number of carbonyl (C=O) groups is 1. The van der Waals surface area contributed by atoms with Crippen LogP contribution in [-0.2, 0) is 4.79 Å². The van der Waals surface area contributed by atoms with Crippen LogP contribution in [0.3, 0.4) is 0 Å². The van der Waals surface area contributed by atoms with Crippen LogP contribution < -0.4 is 5.32 Å². The van der Waals surface area contributed by atoms with E-state index in [9.17, 15) is 4.79 Å². The lowest BCUT2D eigenvalue weighted by molar-refractivity contribution is -0.143. The summed E-state index contributed by atoms with van der Waals surface area (Å²) >= 11 is 0. The lowest BCUT2D eigenvalue weighted by Gasteiger charge is -2.38. The topological polar surface area (TPSA) is 32.3 Å². The highest BCUT2D eigenvalue weighted by Gasteiger charge is 2.33. The van der Waals surface area contributed by atoms with Crippen molar-refractivity contribution in [2.24, 2.45) is 5.41 Å². The van der Waals surface area contributed by atoms with E-state index in [0.29, 0.717) is 11.9 Å². The molecular weight excluding hydrogens is 176 g/mol. The predicted octanol–water partition coefficient (Wildman–Crippen LogP) is 1.24. The van der Waals surface area contributed by atoms with Crippen LogP contribution >= 0.6 is 0 Å². The van der Waals surface area contributed by atoms with Gasteiger partial charge in [-0.05, 0) is 13.3 Å². The van der Waals surface area contributed by atoms with Crippen molar-refractivity contribution < 1.29 is 4.79 Å². The second-order valence-electron chi connectivity index (χ2n) is 4.79. The SMILES string of the molecule is CCC(C)(C)C(=O)N1CCNCC1C. The lowest BCUT2D eigenvalue weighted by Crippen LogP contribution is -2.55. The first-order valence-electron chi connectivity index (χ1n) is 5.51. The standard InChI is InChI=1S/C11H22N2O/c1-5-11(3,4)10(14)13-7-6-12-8-9(13)2/h9,12H,5-8H2,1-4H3. The van der Waals surface area contributed by atoms with Crippen molar-refractivity contribution in [2.75, 3.05) is 19.6 Å². The first-order chi connectivity index (χ1) is 6.49. The van der Waals surface area contributed by atoms with Crippen LogP contribution in [0.25, 0.3) is 0 Å². The van der Waals surface area contributed by atoms with Crippen LogP contribution in [0.15, 0.2) is 0 Å². The molecular formula is C11H22N2O. The molecule has 0 bridgehead atoms. The Balaban J connectivity index is 2.67. The zero-order valence-corrected chi connectivity index (χ0v) is 9.76. The fourth-order valence-corrected chi connectivity index (χ4v) is 1.68. The number of rotatable bonds is 2. The molecule has 0 radical (unpaired) electrons. The first kappa shape index (κ1) is 11.5. The third-order valence-corrected chi connectivity index (χ3v) is 3.22. The summed E-state index contributed by atoms with van der Waals surface area (Å²) in [6.45, 7) is 10.9. The van der Waals surface area contributed by atoms with Gasteiger partial charge in [0.25, 0.3) is 0 Å². The zero-order valence-electron chi connectivity index (χ0n) is 9.76. The van der Waals surface area contributed by atoms with E-state index in [1.165, 1.54) is 0 Å². The van der Waals surface area contributed by atoms with Crippen molar-refractivity contribution in [2.45, 2.75) is 40.2 Å². The molecule has 1 heterocycles. The molecule has 3 heteroatoms. The molecule has 3 nitrogen and oxygen atoms in total. The smallest absolute Gasteiger partial charge is 0.228 e. The van der Waals surface area contributed by atoms with Crippen LogP contribution in [0.5, 0.6) is 0 Å². The normalized spacial score (nSPS) is 23.7. The van der Waals surface area contributed by atoms with E-state index in [1.807, 2.05) is 18.7 Å². The molecule has 1 aliphatic rings. The van der Waals surface area contributed by atoms with Crippen LogP contribution in [0.2, 0.25) is 0 Å². The number of carbonyl (C=O) groups excluding carboxylic acids is 1. The highest BCUT2D eigenvalue weighted by atomic mass is 16.2. The Hall–Kier alpha value is -0.570. The molecule has 0 aromatic rings. The van der Waals surface area contributed by atoms with E-state index in [0.717, 1.165) is 26.1 Å². The van der Waals surface area contributed by atoms with E-state index < -0.39 is 0 Å². The molecule has 1 unspecified atom stereocenters. The predicted molar refractivity (Wildman–Crippen MR) is 58.1 cm³/mol. The summed E-state index contributed by atoms with van der Waals surface area (Å²) in [5, 5.41) is 3.29. The summed E-state index contributed by atoms with van der Waals surface area (Å²) in [4.78, 5) is 14.2. The van der Waals surface area contributed by atoms with E-state index in [1.54, 1.807) is 0 Å². The van der Waals surface area contributed by atoms with Gasteiger partial charge in [0.1, 0.15) is 0 Å². The second-order valence-corrected chi connectivity index (χ2v) is 4.79. The van der Waals surface area contributed by atoms with Gasteiger partial charge in [0.05, 0.1) is 0 Å². The van der Waals surface area contributed by atoms with Gasteiger partial charge >= 0.3 is 0 Å². The van der Waals surface area contributed by atoms with Gasteiger partial charge in [0.2, 0.25) is 5.91 Å². The van der Waals surface area contributed by atoms with Crippen molar-refractivity contribution in [3.8, 4) is 0 Å². The van der Waals surface area contributed by atoms with Gasteiger partial charge in [0.15, 0.2) is 0 Å². The first-order valence-corrected chi connectivity index (χ1v) is 5.51. The molecule has 0 aliphatic carbocycles. The Morgan fingerprint density at radius 3 is 2.71 bits per heavy atom. The summed E-state index contributed by atoms with van der Waals surface area (Å²) in [6, 6.07) is 0.335. The van der Waals surface area contributed by atoms with Crippen molar-refractivity contribution in [3.05, 3.63) is 0 Å². The largest absolute Gasteiger partial charge is 0.337 e. The van der Waals surface area contributed by atoms with Crippen LogP contribution in [0.4, 0.5) is 0 Å². The van der Waals surface area contributed by atoms with Gasteiger partial charge < -0.3 is 10.2 Å². The highest BCUT2D eigenvalue weighted by Crippen LogP contribution is 2.24. The molecule has 82 valence electrons. The minimum absolute atomic E-state index is 0.203. The van der Waals surface area contributed by atoms with E-state index in [-0.39, 0.29) is 5.41 Å². The fraction of sp³-hybridized carbons (Fsp3) is 0.909. The Morgan fingerprint density at radius 1 is 1.57 bits per heavy atom. The molecule has 1 aliphatic heterocycles. The van der Waals surface area contributed by atoms with E-state index in [2.05, 4.69) is 19.2 Å². The molecule has 0 aromatic carbocycles. The molecule has 1 saturated heterocycles. The summed E-state index contributed by atoms with van der Waals surface area (Å²) in [5.41, 5.74) is -0.203. The number of nitrogens with zero attached hydrogens (tertiary/aromatic N) is 1. The average Bonchev–Trinajstić information content (AvgIpc) is 2.17. The molecule has 0 aromatic heterocycles. The lowest BCUT2D eigenvalue weighted by atomic mass is 9.88. The minimum Gasteiger partial charge on any atom is -0.337 e. The Bertz CT molecular complexity index is 213. The molecule has 1 fully saturated rings. The minimum atomic E-state index is -0.203. The summed E-state index contributed by atoms with van der Waals surface area (Å²) in [5.74, 6) is 0.300. The number of piperazine rings is 1. The Kier molecular flexibility index (Phi) is 3.53. The van der Waals surface area contributed by atoms with Gasteiger partial charge in [-0.1, -0.05) is 20.8 Å². The molecule has 1 amide bonds. The fourth-order valence-electron chi connectivity index (χ4n) is 1.68. The molecule has 0 spiro atoms. The second kappa shape index (κ2) is 4.30. The monoisotopic (exact) mass is 198 g/mol. The number of amides is 1. The summed E-state index contributed by atoms with van der Waals surface area (Å²) in [6.07, 6.45) is 0.905. The maximum atomic E-state index is 12.2. The van der Waals surface area contributed by atoms with E-state index in [4.69, 9.17) is 0 Å². The highest BCUT2D eigenvalue weighted by molar-refractivity contribution is 5.82. The van der Waals surface area contributed by atoms with Crippen LogP contribution in [0.1, 0.15) is 34.1 Å². The van der Waals surface area contributed by atoms with Crippen molar-refractivity contribution in [3.63, 3.8) is 0 Å². The third kappa shape index (κ3) is 2.27. The summed E-state index contributed by atoms with van der Waals surface area (Å²) in [7, 11) is 0. The number of hydrogen-bond donors (Lipinski definition) is 1. The molecule has 0 saturated carbocycles. The van der Waals surface area contributed by atoms with Crippen LogP contribution in [0, 0.1) is 5.41 Å². The van der Waals surface area contributed by atoms with Crippen molar-refractivity contribution in [1.82, 2.24) is 10.2 Å².